The number of aryl methyl sites for hydroxylation is 1. The molecule has 0 spiro atoms. The standard InChI is InChI=1S/C27H31N9O/c1-3-22-13-20(28)7-9-34(22)15-19-6-10-36-26(19)27(30-17-32-36)33-21-4-5-24(18(2)12-21)37-23-8-11-35-25(14-23)29-16-31-35/h4-6,8,10-12,14,16-17,20,22H,3,7,9,13,15,28H2,1-2H3,(H,30,32,33)/t20-,22+/m1/s1. The molecule has 4 aromatic heterocycles. The Hall–Kier alpha value is -4.02. The number of nitrogens with one attached hydrogen (secondary N) is 1. The second-order valence-corrected chi connectivity index (χ2v) is 9.69. The van der Waals surface area contributed by atoms with Gasteiger partial charge in [-0.05, 0) is 67.6 Å². The molecular formula is C27H31N9O. The van der Waals surface area contributed by atoms with Gasteiger partial charge in [0.15, 0.2) is 11.5 Å². The van der Waals surface area contributed by atoms with Crippen LogP contribution in [0.15, 0.2) is 61.4 Å². The molecule has 1 saturated heterocycles. The molecule has 1 aliphatic heterocycles. The molecule has 1 aliphatic rings. The normalized spacial score (nSPS) is 18.5. The number of nitrogens with zero attached hydrogens (tertiary/aromatic N) is 7. The minimum Gasteiger partial charge on any atom is -0.457 e. The molecule has 0 amide bonds. The molecule has 0 radical (unpaired) electrons. The molecule has 1 aromatic carbocycles. The van der Waals surface area contributed by atoms with E-state index < -0.39 is 0 Å². The predicted octanol–water partition coefficient (Wildman–Crippen LogP) is 4.32. The van der Waals surface area contributed by atoms with Crippen LogP contribution in [0.4, 0.5) is 11.5 Å². The lowest BCUT2D eigenvalue weighted by Crippen LogP contribution is -2.46. The summed E-state index contributed by atoms with van der Waals surface area (Å²) in [4.78, 5) is 11.4. The van der Waals surface area contributed by atoms with Crippen LogP contribution >= 0.6 is 0 Å². The van der Waals surface area contributed by atoms with Gasteiger partial charge in [-0.3, -0.25) is 4.90 Å². The van der Waals surface area contributed by atoms with E-state index in [-0.39, 0.29) is 0 Å². The van der Waals surface area contributed by atoms with Gasteiger partial charge in [0.1, 0.15) is 29.7 Å². The van der Waals surface area contributed by atoms with Gasteiger partial charge < -0.3 is 15.8 Å². The van der Waals surface area contributed by atoms with Crippen LogP contribution < -0.4 is 15.8 Å². The van der Waals surface area contributed by atoms with E-state index >= 15 is 0 Å². The lowest BCUT2D eigenvalue weighted by atomic mass is 9.95. The molecule has 0 saturated carbocycles. The lowest BCUT2D eigenvalue weighted by Gasteiger charge is -2.38. The zero-order valence-corrected chi connectivity index (χ0v) is 21.1. The zero-order chi connectivity index (χ0) is 25.4. The lowest BCUT2D eigenvalue weighted by molar-refractivity contribution is 0.125. The fourth-order valence-corrected chi connectivity index (χ4v) is 5.19. The summed E-state index contributed by atoms with van der Waals surface area (Å²) < 4.78 is 9.73. The molecule has 6 rings (SSSR count). The molecular weight excluding hydrogens is 466 g/mol. The number of benzene rings is 1. The van der Waals surface area contributed by atoms with Crippen molar-refractivity contribution >= 4 is 22.7 Å². The van der Waals surface area contributed by atoms with Crippen molar-refractivity contribution in [2.45, 2.75) is 51.7 Å². The van der Waals surface area contributed by atoms with Crippen LogP contribution in [0.3, 0.4) is 0 Å². The molecule has 10 heteroatoms. The maximum absolute atomic E-state index is 6.24. The summed E-state index contributed by atoms with van der Waals surface area (Å²) >= 11 is 0. The summed E-state index contributed by atoms with van der Waals surface area (Å²) in [7, 11) is 0. The Morgan fingerprint density at radius 2 is 1.89 bits per heavy atom. The summed E-state index contributed by atoms with van der Waals surface area (Å²) in [5, 5.41) is 12.1. The minimum atomic E-state index is 0.299. The number of anilines is 2. The Kier molecular flexibility index (Phi) is 6.19. The number of hydrogen-bond acceptors (Lipinski definition) is 8. The topological polar surface area (TPSA) is 111 Å². The number of piperidine rings is 1. The first-order valence-corrected chi connectivity index (χ1v) is 12.7. The van der Waals surface area contributed by atoms with Crippen LogP contribution in [-0.4, -0.2) is 52.7 Å². The Morgan fingerprint density at radius 3 is 2.76 bits per heavy atom. The Morgan fingerprint density at radius 1 is 1.05 bits per heavy atom. The van der Waals surface area contributed by atoms with Crippen molar-refractivity contribution < 1.29 is 4.74 Å². The van der Waals surface area contributed by atoms with Gasteiger partial charge in [0.2, 0.25) is 0 Å². The van der Waals surface area contributed by atoms with Crippen molar-refractivity contribution in [3.05, 3.63) is 72.6 Å². The predicted molar refractivity (Wildman–Crippen MR) is 142 cm³/mol. The van der Waals surface area contributed by atoms with Gasteiger partial charge >= 0.3 is 0 Å². The largest absolute Gasteiger partial charge is 0.457 e. The fraction of sp³-hybridized carbons (Fsp3) is 0.333. The van der Waals surface area contributed by atoms with E-state index in [1.165, 1.54) is 11.9 Å². The van der Waals surface area contributed by atoms with Gasteiger partial charge in [-0.1, -0.05) is 6.92 Å². The highest BCUT2D eigenvalue weighted by atomic mass is 16.5. The molecule has 10 nitrogen and oxygen atoms in total. The van der Waals surface area contributed by atoms with Gasteiger partial charge in [-0.2, -0.15) is 10.2 Å². The highest BCUT2D eigenvalue weighted by Crippen LogP contribution is 2.31. The fourth-order valence-electron chi connectivity index (χ4n) is 5.19. The molecule has 5 aromatic rings. The Bertz CT molecular complexity index is 1540. The molecule has 3 N–H and O–H groups in total. The zero-order valence-electron chi connectivity index (χ0n) is 21.1. The molecule has 0 aliphatic carbocycles. The van der Waals surface area contributed by atoms with Gasteiger partial charge in [-0.25, -0.2) is 19.0 Å². The van der Waals surface area contributed by atoms with Gasteiger partial charge in [-0.15, -0.1) is 0 Å². The molecule has 1 fully saturated rings. The van der Waals surface area contributed by atoms with Crippen LogP contribution in [0.1, 0.15) is 37.3 Å². The van der Waals surface area contributed by atoms with E-state index in [2.05, 4.69) is 49.4 Å². The van der Waals surface area contributed by atoms with E-state index in [4.69, 9.17) is 10.5 Å². The maximum atomic E-state index is 6.24. The first kappa shape index (κ1) is 23.4. The minimum absolute atomic E-state index is 0.299. The number of aromatic nitrogens is 6. The van der Waals surface area contributed by atoms with E-state index in [1.807, 2.05) is 48.1 Å². The van der Waals surface area contributed by atoms with Crippen LogP contribution in [-0.2, 0) is 6.54 Å². The molecule has 2 atom stereocenters. The molecule has 190 valence electrons. The van der Waals surface area contributed by atoms with Crippen molar-refractivity contribution in [3.8, 4) is 11.5 Å². The van der Waals surface area contributed by atoms with Crippen LogP contribution in [0, 0.1) is 6.92 Å². The van der Waals surface area contributed by atoms with Crippen molar-refractivity contribution in [2.24, 2.45) is 5.73 Å². The van der Waals surface area contributed by atoms with Gasteiger partial charge in [0.05, 0.1) is 0 Å². The number of hydrogen-bond donors (Lipinski definition) is 2. The van der Waals surface area contributed by atoms with E-state index in [0.717, 1.165) is 66.3 Å². The third-order valence-electron chi connectivity index (χ3n) is 7.18. The molecule has 37 heavy (non-hydrogen) atoms. The first-order valence-electron chi connectivity index (χ1n) is 12.7. The number of fused-ring (bicyclic) bond motifs is 2. The van der Waals surface area contributed by atoms with Gasteiger partial charge in [0.25, 0.3) is 0 Å². The van der Waals surface area contributed by atoms with Crippen molar-refractivity contribution in [1.29, 1.82) is 0 Å². The number of ether oxygens (including phenoxy) is 1. The molecule has 5 heterocycles. The average Bonchev–Trinajstić information content (AvgIpc) is 3.54. The van der Waals surface area contributed by atoms with Crippen molar-refractivity contribution in [1.82, 2.24) is 34.1 Å². The highest BCUT2D eigenvalue weighted by Gasteiger charge is 2.26. The van der Waals surface area contributed by atoms with Crippen molar-refractivity contribution in [3.63, 3.8) is 0 Å². The number of nitrogens with two attached hydrogens (primary N) is 1. The Labute approximate surface area is 215 Å². The third kappa shape index (κ3) is 4.73. The van der Waals surface area contributed by atoms with Crippen LogP contribution in [0.25, 0.3) is 11.2 Å². The monoisotopic (exact) mass is 497 g/mol. The number of likely N-dealkylation sites (tertiary alicyclic amines) is 1. The molecule has 0 unspecified atom stereocenters. The second-order valence-electron chi connectivity index (χ2n) is 9.69. The van der Waals surface area contributed by atoms with Crippen molar-refractivity contribution in [2.75, 3.05) is 11.9 Å². The Balaban J connectivity index is 1.23. The van der Waals surface area contributed by atoms with E-state index in [0.29, 0.717) is 17.8 Å². The summed E-state index contributed by atoms with van der Waals surface area (Å²) in [6, 6.07) is 12.7. The van der Waals surface area contributed by atoms with Gasteiger partial charge in [0, 0.05) is 49.3 Å². The summed E-state index contributed by atoms with van der Waals surface area (Å²) in [5.74, 6) is 2.27. The second kappa shape index (κ2) is 9.79. The third-order valence-corrected chi connectivity index (χ3v) is 7.18. The first-order chi connectivity index (χ1) is 18.1. The number of rotatable bonds is 7. The smallest absolute Gasteiger partial charge is 0.158 e. The highest BCUT2D eigenvalue weighted by molar-refractivity contribution is 5.76. The molecule has 0 bridgehead atoms. The van der Waals surface area contributed by atoms with Crippen LogP contribution in [0.2, 0.25) is 0 Å². The maximum Gasteiger partial charge on any atom is 0.158 e. The summed E-state index contributed by atoms with van der Waals surface area (Å²) in [6.07, 6.45) is 10.1. The average molecular weight is 498 g/mol. The van der Waals surface area contributed by atoms with E-state index in [9.17, 15) is 0 Å². The van der Waals surface area contributed by atoms with E-state index in [1.54, 1.807) is 10.8 Å². The summed E-state index contributed by atoms with van der Waals surface area (Å²) in [6.45, 7) is 6.14. The summed E-state index contributed by atoms with van der Waals surface area (Å²) in [5.41, 5.74) is 11.1. The SMILES string of the molecule is CC[C@H]1C[C@H](N)CCN1Cc1ccn2ncnc(Nc3ccc(Oc4ccn5ncnc5c4)c(C)c3)c12. The quantitative estimate of drug-likeness (QED) is 0.342. The van der Waals surface area contributed by atoms with Crippen LogP contribution in [0.5, 0.6) is 11.5 Å². The number of pyridine rings is 1.